The number of aromatic nitrogens is 1. The van der Waals surface area contributed by atoms with Crippen molar-refractivity contribution in [1.29, 1.82) is 0 Å². The van der Waals surface area contributed by atoms with Crippen LogP contribution in [-0.4, -0.2) is 30.1 Å². The average Bonchev–Trinajstić information content (AvgIpc) is 2.77. The zero-order valence-electron chi connectivity index (χ0n) is 18.1. The van der Waals surface area contributed by atoms with Gasteiger partial charge in [-0.3, -0.25) is 4.79 Å². The Hall–Kier alpha value is -3.47. The van der Waals surface area contributed by atoms with Crippen LogP contribution in [0.15, 0.2) is 72.2 Å². The largest absolute Gasteiger partial charge is 0.493 e. The van der Waals surface area contributed by atoms with Crippen LogP contribution < -0.4 is 14.9 Å². The van der Waals surface area contributed by atoms with Crippen molar-refractivity contribution in [3.63, 3.8) is 0 Å². The molecule has 4 rings (SSSR count). The van der Waals surface area contributed by atoms with Crippen molar-refractivity contribution in [2.24, 2.45) is 0 Å². The number of aromatic amines is 1. The number of aryl methyl sites for hydroxylation is 1. The summed E-state index contributed by atoms with van der Waals surface area (Å²) in [4.78, 5) is 16.8. The van der Waals surface area contributed by atoms with E-state index in [-0.39, 0.29) is 5.43 Å². The SMILES string of the molecule is C=C(c1cc(=O)cc[nH]1)N1CC(c2ccc(OCc3ccc(CC)cc3)c(OC)c2)C1. The summed E-state index contributed by atoms with van der Waals surface area (Å²) in [5.41, 5.74) is 5.25. The molecule has 1 N–H and O–H groups in total. The molecule has 3 aromatic rings. The molecular weight excluding hydrogens is 388 g/mol. The van der Waals surface area contributed by atoms with Gasteiger partial charge in [0, 0.05) is 37.3 Å². The number of H-pyrrole nitrogens is 1. The summed E-state index contributed by atoms with van der Waals surface area (Å²) < 4.78 is 11.6. The third-order valence-corrected chi connectivity index (χ3v) is 5.83. The molecule has 5 nitrogen and oxygen atoms in total. The third-order valence-electron chi connectivity index (χ3n) is 5.83. The van der Waals surface area contributed by atoms with Crippen molar-refractivity contribution in [3.8, 4) is 11.5 Å². The van der Waals surface area contributed by atoms with Gasteiger partial charge in [0.15, 0.2) is 16.9 Å². The van der Waals surface area contributed by atoms with E-state index in [0.29, 0.717) is 12.5 Å². The van der Waals surface area contributed by atoms with Gasteiger partial charge in [-0.1, -0.05) is 43.8 Å². The Labute approximate surface area is 183 Å². The highest BCUT2D eigenvalue weighted by Crippen LogP contribution is 2.37. The van der Waals surface area contributed by atoms with Gasteiger partial charge in [0.1, 0.15) is 6.61 Å². The Bertz CT molecular complexity index is 1110. The molecule has 2 aromatic carbocycles. The van der Waals surface area contributed by atoms with E-state index >= 15 is 0 Å². The predicted molar refractivity (Wildman–Crippen MR) is 124 cm³/mol. The van der Waals surface area contributed by atoms with Crippen LogP contribution in [0.3, 0.4) is 0 Å². The fraction of sp³-hybridized carbons (Fsp3) is 0.269. The third kappa shape index (κ3) is 4.66. The summed E-state index contributed by atoms with van der Waals surface area (Å²) in [5, 5.41) is 0. The number of nitrogens with one attached hydrogen (secondary N) is 1. The molecule has 160 valence electrons. The second-order valence-corrected chi connectivity index (χ2v) is 7.86. The standard InChI is InChI=1S/C26H28N2O3/c1-4-19-5-7-20(8-6-19)17-31-25-10-9-21(13-26(25)30-3)22-15-28(16-22)18(2)24-14-23(29)11-12-27-24/h5-14,22H,2,4,15-17H2,1,3H3,(H,27,29). The molecule has 0 amide bonds. The Kier molecular flexibility index (Phi) is 6.12. The molecular formula is C26H28N2O3. The van der Waals surface area contributed by atoms with Gasteiger partial charge in [0.05, 0.1) is 18.5 Å². The molecule has 0 aliphatic carbocycles. The van der Waals surface area contributed by atoms with E-state index < -0.39 is 0 Å². The van der Waals surface area contributed by atoms with E-state index in [4.69, 9.17) is 9.47 Å². The van der Waals surface area contributed by atoms with Crippen LogP contribution in [0.2, 0.25) is 0 Å². The molecule has 1 saturated heterocycles. The van der Waals surface area contributed by atoms with Crippen molar-refractivity contribution in [3.05, 3.63) is 100.0 Å². The van der Waals surface area contributed by atoms with E-state index in [2.05, 4.69) is 59.8 Å². The number of pyridine rings is 1. The number of rotatable bonds is 8. The Morgan fingerprint density at radius 1 is 1.06 bits per heavy atom. The molecule has 1 aromatic heterocycles. The van der Waals surface area contributed by atoms with Gasteiger partial charge in [0.2, 0.25) is 0 Å². The van der Waals surface area contributed by atoms with Gasteiger partial charge in [0.25, 0.3) is 0 Å². The molecule has 0 spiro atoms. The maximum atomic E-state index is 11.6. The number of hydrogen-bond donors (Lipinski definition) is 1. The van der Waals surface area contributed by atoms with Crippen molar-refractivity contribution in [2.75, 3.05) is 20.2 Å². The summed E-state index contributed by atoms with van der Waals surface area (Å²) in [6, 6.07) is 17.7. The Morgan fingerprint density at radius 2 is 1.81 bits per heavy atom. The zero-order chi connectivity index (χ0) is 21.8. The molecule has 2 heterocycles. The molecule has 0 saturated carbocycles. The summed E-state index contributed by atoms with van der Waals surface area (Å²) in [6.45, 7) is 8.50. The molecule has 0 bridgehead atoms. The highest BCUT2D eigenvalue weighted by molar-refractivity contribution is 5.59. The van der Waals surface area contributed by atoms with Crippen LogP contribution in [-0.2, 0) is 13.0 Å². The normalized spacial score (nSPS) is 13.5. The first-order valence-electron chi connectivity index (χ1n) is 10.6. The minimum absolute atomic E-state index is 0.0198. The lowest BCUT2D eigenvalue weighted by atomic mass is 9.90. The molecule has 0 atom stereocenters. The fourth-order valence-corrected chi connectivity index (χ4v) is 3.78. The summed E-state index contributed by atoms with van der Waals surface area (Å²) in [6.07, 6.45) is 2.69. The van der Waals surface area contributed by atoms with E-state index in [9.17, 15) is 4.79 Å². The summed E-state index contributed by atoms with van der Waals surface area (Å²) in [7, 11) is 1.67. The first-order chi connectivity index (χ1) is 15.1. The molecule has 1 aliphatic rings. The number of hydrogen-bond acceptors (Lipinski definition) is 4. The summed E-state index contributed by atoms with van der Waals surface area (Å²) >= 11 is 0. The molecule has 0 radical (unpaired) electrons. The van der Waals surface area contributed by atoms with Crippen molar-refractivity contribution >= 4 is 5.70 Å². The first kappa shape index (κ1) is 20.8. The highest BCUT2D eigenvalue weighted by Gasteiger charge is 2.30. The van der Waals surface area contributed by atoms with Gasteiger partial charge < -0.3 is 19.4 Å². The quantitative estimate of drug-likeness (QED) is 0.583. The van der Waals surface area contributed by atoms with Crippen LogP contribution >= 0.6 is 0 Å². The van der Waals surface area contributed by atoms with Crippen molar-refractivity contribution in [2.45, 2.75) is 25.9 Å². The summed E-state index contributed by atoms with van der Waals surface area (Å²) in [5.74, 6) is 1.87. The number of methoxy groups -OCH3 is 1. The fourth-order valence-electron chi connectivity index (χ4n) is 3.78. The van der Waals surface area contributed by atoms with E-state index in [1.165, 1.54) is 17.2 Å². The van der Waals surface area contributed by atoms with E-state index in [1.54, 1.807) is 19.4 Å². The van der Waals surface area contributed by atoms with Crippen molar-refractivity contribution < 1.29 is 9.47 Å². The van der Waals surface area contributed by atoms with Crippen LogP contribution in [0.25, 0.3) is 5.70 Å². The minimum Gasteiger partial charge on any atom is -0.493 e. The Balaban J connectivity index is 1.38. The first-order valence-corrected chi connectivity index (χ1v) is 10.6. The van der Waals surface area contributed by atoms with Crippen LogP contribution in [0.5, 0.6) is 11.5 Å². The van der Waals surface area contributed by atoms with Gasteiger partial charge in [-0.05, 0) is 35.2 Å². The van der Waals surface area contributed by atoms with Crippen LogP contribution in [0.1, 0.15) is 35.2 Å². The Morgan fingerprint density at radius 3 is 2.48 bits per heavy atom. The number of ether oxygens (including phenoxy) is 2. The molecule has 31 heavy (non-hydrogen) atoms. The lowest BCUT2D eigenvalue weighted by Gasteiger charge is -2.42. The maximum Gasteiger partial charge on any atom is 0.182 e. The molecule has 1 aliphatic heterocycles. The topological polar surface area (TPSA) is 54.6 Å². The van der Waals surface area contributed by atoms with Crippen LogP contribution in [0.4, 0.5) is 0 Å². The second-order valence-electron chi connectivity index (χ2n) is 7.86. The zero-order valence-corrected chi connectivity index (χ0v) is 18.1. The number of nitrogens with zero attached hydrogens (tertiary/aromatic N) is 1. The smallest absolute Gasteiger partial charge is 0.182 e. The highest BCUT2D eigenvalue weighted by atomic mass is 16.5. The van der Waals surface area contributed by atoms with Gasteiger partial charge in [-0.2, -0.15) is 0 Å². The van der Waals surface area contributed by atoms with Gasteiger partial charge in [-0.15, -0.1) is 0 Å². The number of likely N-dealkylation sites (tertiary alicyclic amines) is 1. The number of benzene rings is 2. The van der Waals surface area contributed by atoms with Gasteiger partial charge >= 0.3 is 0 Å². The lowest BCUT2D eigenvalue weighted by molar-refractivity contribution is 0.235. The van der Waals surface area contributed by atoms with Crippen molar-refractivity contribution in [1.82, 2.24) is 9.88 Å². The average molecular weight is 417 g/mol. The van der Waals surface area contributed by atoms with Gasteiger partial charge in [-0.25, -0.2) is 0 Å². The second kappa shape index (κ2) is 9.13. The monoisotopic (exact) mass is 416 g/mol. The van der Waals surface area contributed by atoms with E-state index in [1.807, 2.05) is 6.07 Å². The lowest BCUT2D eigenvalue weighted by Crippen LogP contribution is -2.43. The molecule has 0 unspecified atom stereocenters. The predicted octanol–water partition coefficient (Wildman–Crippen LogP) is 4.60. The minimum atomic E-state index is -0.0198. The molecule has 5 heteroatoms. The maximum absolute atomic E-state index is 11.6. The van der Waals surface area contributed by atoms with E-state index in [0.717, 1.165) is 48.0 Å². The molecule has 1 fully saturated rings. The van der Waals surface area contributed by atoms with Crippen LogP contribution in [0, 0.1) is 0 Å².